The molecular formula is C30H32BrFN4O5S. The minimum absolute atomic E-state index is 0.0356. The Balaban J connectivity index is 1.71. The van der Waals surface area contributed by atoms with E-state index in [2.05, 4.69) is 25.8 Å². The highest BCUT2D eigenvalue weighted by atomic mass is 79.9. The van der Waals surface area contributed by atoms with Gasteiger partial charge < -0.3 is 4.74 Å². The first-order valence-corrected chi connectivity index (χ1v) is 15.6. The van der Waals surface area contributed by atoms with Crippen molar-refractivity contribution in [2.75, 3.05) is 6.61 Å². The highest BCUT2D eigenvalue weighted by molar-refractivity contribution is 9.10. The number of esters is 1. The number of carbonyl (C=O) groups is 1. The Morgan fingerprint density at radius 3 is 2.43 bits per heavy atom. The first kappa shape index (κ1) is 31.3. The Kier molecular flexibility index (Phi) is 9.19. The predicted octanol–water partition coefficient (Wildman–Crippen LogP) is 5.47. The van der Waals surface area contributed by atoms with E-state index >= 15 is 4.39 Å². The number of ether oxygens (including phenoxy) is 1. The summed E-state index contributed by atoms with van der Waals surface area (Å²) in [7, 11) is -3.88. The lowest BCUT2D eigenvalue weighted by Crippen LogP contribution is -2.40. The van der Waals surface area contributed by atoms with E-state index in [0.29, 0.717) is 33.5 Å². The van der Waals surface area contributed by atoms with E-state index in [-0.39, 0.29) is 29.2 Å². The summed E-state index contributed by atoms with van der Waals surface area (Å²) in [6.07, 6.45) is 0.392. The van der Waals surface area contributed by atoms with Crippen LogP contribution in [0.3, 0.4) is 0 Å². The summed E-state index contributed by atoms with van der Waals surface area (Å²) in [5.74, 6) is -0.711. The normalized spacial score (nSPS) is 12.0. The van der Waals surface area contributed by atoms with E-state index in [4.69, 9.17) is 4.74 Å². The molecule has 0 aliphatic rings. The lowest BCUT2D eigenvalue weighted by Gasteiger charge is -2.21. The number of aromatic nitrogens is 3. The molecule has 0 radical (unpaired) electrons. The van der Waals surface area contributed by atoms with Gasteiger partial charge in [-0.25, -0.2) is 27.1 Å². The maximum absolute atomic E-state index is 15.5. The minimum Gasteiger partial charge on any atom is -0.462 e. The van der Waals surface area contributed by atoms with E-state index in [1.54, 1.807) is 64.1 Å². The van der Waals surface area contributed by atoms with Crippen LogP contribution in [0.25, 0.3) is 16.8 Å². The summed E-state index contributed by atoms with van der Waals surface area (Å²) in [5.41, 5.74) is 0.345. The number of hydrogen-bond donors (Lipinski definition) is 1. The molecule has 4 aromatic rings. The van der Waals surface area contributed by atoms with Gasteiger partial charge in [-0.3, -0.25) is 4.57 Å². The molecule has 0 atom stereocenters. The number of aryl methyl sites for hydroxylation is 1. The zero-order chi connectivity index (χ0) is 30.8. The van der Waals surface area contributed by atoms with Crippen LogP contribution >= 0.6 is 15.9 Å². The first-order valence-electron chi connectivity index (χ1n) is 13.3. The van der Waals surface area contributed by atoms with E-state index in [9.17, 15) is 18.0 Å². The number of carbonyl (C=O) groups excluding carboxylic acids is 1. The number of nitrogens with one attached hydrogen (secondary N) is 1. The average molecular weight is 660 g/mol. The molecule has 0 aliphatic carbocycles. The van der Waals surface area contributed by atoms with Crippen LogP contribution in [0.15, 0.2) is 74.8 Å². The van der Waals surface area contributed by atoms with Gasteiger partial charge in [0, 0.05) is 27.6 Å². The zero-order valence-corrected chi connectivity index (χ0v) is 26.3. The smallest absolute Gasteiger partial charge is 0.351 e. The lowest BCUT2D eigenvalue weighted by molar-refractivity contribution is 0.0526. The summed E-state index contributed by atoms with van der Waals surface area (Å²) in [6, 6.07) is 15.5. The van der Waals surface area contributed by atoms with Crippen molar-refractivity contribution in [1.29, 1.82) is 0 Å². The molecule has 12 heteroatoms. The standard InChI is InChI=1S/C30H32BrFN4O5S/c1-6-27-33-36(25-17-20(14-15-23(25)31)28(37)41-7-2)29(38)35(27)18-21-13-12-19(16-24(21)32)22-10-8-9-11-26(22)42(39,40)34-30(3,4)5/h8-17,34H,6-7,18H2,1-5H3. The third-order valence-electron chi connectivity index (χ3n) is 6.25. The zero-order valence-electron chi connectivity index (χ0n) is 23.9. The van der Waals surface area contributed by atoms with Gasteiger partial charge in [0.2, 0.25) is 10.0 Å². The number of sulfonamides is 1. The van der Waals surface area contributed by atoms with Gasteiger partial charge in [-0.15, -0.1) is 5.10 Å². The number of hydrogen-bond acceptors (Lipinski definition) is 6. The molecule has 0 aliphatic heterocycles. The van der Waals surface area contributed by atoms with Crippen molar-refractivity contribution in [3.63, 3.8) is 0 Å². The largest absolute Gasteiger partial charge is 0.462 e. The fraction of sp³-hybridized carbons (Fsp3) is 0.300. The molecule has 0 amide bonds. The molecule has 0 saturated carbocycles. The van der Waals surface area contributed by atoms with Crippen LogP contribution in [0, 0.1) is 5.82 Å². The summed E-state index contributed by atoms with van der Waals surface area (Å²) in [6.45, 7) is 8.86. The van der Waals surface area contributed by atoms with Crippen molar-refractivity contribution in [3.8, 4) is 16.8 Å². The summed E-state index contributed by atoms with van der Waals surface area (Å²) < 4.78 is 52.5. The maximum atomic E-state index is 15.5. The molecule has 1 heterocycles. The van der Waals surface area contributed by atoms with Crippen molar-refractivity contribution < 1.29 is 22.3 Å². The van der Waals surface area contributed by atoms with Gasteiger partial charge in [-0.2, -0.15) is 4.68 Å². The Bertz CT molecular complexity index is 1810. The first-order chi connectivity index (χ1) is 19.8. The number of benzene rings is 3. The van der Waals surface area contributed by atoms with Gasteiger partial charge in [0.15, 0.2) is 0 Å². The third-order valence-corrected chi connectivity index (χ3v) is 8.74. The van der Waals surface area contributed by atoms with Crippen LogP contribution < -0.4 is 10.4 Å². The van der Waals surface area contributed by atoms with Crippen molar-refractivity contribution >= 4 is 31.9 Å². The molecule has 1 aromatic heterocycles. The molecule has 0 bridgehead atoms. The second-order valence-electron chi connectivity index (χ2n) is 10.6. The Morgan fingerprint density at radius 2 is 1.79 bits per heavy atom. The molecule has 4 rings (SSSR count). The monoisotopic (exact) mass is 658 g/mol. The highest BCUT2D eigenvalue weighted by Gasteiger charge is 2.25. The van der Waals surface area contributed by atoms with E-state index in [0.717, 1.165) is 0 Å². The quantitative estimate of drug-likeness (QED) is 0.239. The highest BCUT2D eigenvalue weighted by Crippen LogP contribution is 2.30. The second-order valence-corrected chi connectivity index (χ2v) is 13.1. The second kappa shape index (κ2) is 12.3. The van der Waals surface area contributed by atoms with Crippen LogP contribution in [0.4, 0.5) is 4.39 Å². The average Bonchev–Trinajstić information content (AvgIpc) is 3.23. The molecular weight excluding hydrogens is 627 g/mol. The maximum Gasteiger partial charge on any atom is 0.351 e. The van der Waals surface area contributed by atoms with Crippen molar-refractivity contribution in [2.45, 2.75) is 58.0 Å². The fourth-order valence-electron chi connectivity index (χ4n) is 4.44. The molecule has 42 heavy (non-hydrogen) atoms. The fourth-order valence-corrected chi connectivity index (χ4v) is 6.51. The number of rotatable bonds is 9. The SMILES string of the molecule is CCOC(=O)c1ccc(Br)c(-n2nc(CC)n(Cc3ccc(-c4ccccc4S(=O)(=O)NC(C)(C)C)cc3F)c2=O)c1. The number of halogens is 2. The van der Waals surface area contributed by atoms with Crippen molar-refractivity contribution in [1.82, 2.24) is 19.1 Å². The lowest BCUT2D eigenvalue weighted by atomic mass is 10.0. The van der Waals surface area contributed by atoms with Gasteiger partial charge in [-0.05, 0) is 79.5 Å². The predicted molar refractivity (Wildman–Crippen MR) is 162 cm³/mol. The van der Waals surface area contributed by atoms with E-state index in [1.807, 2.05) is 6.92 Å². The minimum atomic E-state index is -3.88. The van der Waals surface area contributed by atoms with Crippen molar-refractivity contribution in [2.24, 2.45) is 0 Å². The Hall–Kier alpha value is -3.61. The van der Waals surface area contributed by atoms with Crippen LogP contribution in [0.1, 0.15) is 56.4 Å². The van der Waals surface area contributed by atoms with E-state index < -0.39 is 33.0 Å². The van der Waals surface area contributed by atoms with Crippen LogP contribution in [0.2, 0.25) is 0 Å². The van der Waals surface area contributed by atoms with Gasteiger partial charge in [0.1, 0.15) is 11.6 Å². The molecule has 3 aromatic carbocycles. The molecule has 0 fully saturated rings. The van der Waals surface area contributed by atoms with E-state index in [1.165, 1.54) is 33.5 Å². The summed E-state index contributed by atoms with van der Waals surface area (Å²) >= 11 is 3.42. The van der Waals surface area contributed by atoms with Gasteiger partial charge in [-0.1, -0.05) is 37.3 Å². The third kappa shape index (κ3) is 6.71. The summed E-state index contributed by atoms with van der Waals surface area (Å²) in [4.78, 5) is 25.8. The number of nitrogens with zero attached hydrogens (tertiary/aromatic N) is 3. The topological polar surface area (TPSA) is 112 Å². The molecule has 222 valence electrons. The van der Waals surface area contributed by atoms with Gasteiger partial charge in [0.25, 0.3) is 0 Å². The van der Waals surface area contributed by atoms with Crippen molar-refractivity contribution in [3.05, 3.63) is 98.4 Å². The van der Waals surface area contributed by atoms with Gasteiger partial charge >= 0.3 is 11.7 Å². The van der Waals surface area contributed by atoms with Crippen LogP contribution in [0.5, 0.6) is 0 Å². The molecule has 0 unspecified atom stereocenters. The molecule has 9 nitrogen and oxygen atoms in total. The van der Waals surface area contributed by atoms with Crippen LogP contribution in [-0.4, -0.2) is 40.9 Å². The molecule has 0 spiro atoms. The van der Waals surface area contributed by atoms with Gasteiger partial charge in [0.05, 0.1) is 29.3 Å². The molecule has 1 N–H and O–H groups in total. The summed E-state index contributed by atoms with van der Waals surface area (Å²) in [5, 5.41) is 4.45. The molecule has 0 saturated heterocycles. The van der Waals surface area contributed by atoms with Crippen LogP contribution in [-0.2, 0) is 27.7 Å². The Labute approximate surface area is 252 Å². The Morgan fingerprint density at radius 1 is 1.07 bits per heavy atom.